The van der Waals surface area contributed by atoms with Crippen molar-refractivity contribution in [2.24, 2.45) is 0 Å². The van der Waals surface area contributed by atoms with Crippen molar-refractivity contribution in [2.45, 2.75) is 10.6 Å². The zero-order chi connectivity index (χ0) is 25.3. The van der Waals surface area contributed by atoms with E-state index in [4.69, 9.17) is 20.8 Å². The number of ether oxygens (including phenoxy) is 1. The lowest BCUT2D eigenvalue weighted by Gasteiger charge is -2.14. The van der Waals surface area contributed by atoms with Gasteiger partial charge in [-0.25, -0.2) is 22.8 Å². The van der Waals surface area contributed by atoms with Gasteiger partial charge in [0.2, 0.25) is 5.95 Å². The standard InChI is InChI=1S/C24H14ClF2N3O4S2/c25-18-6-23(36(31,32)12-16-11-35-13-30-16)19(26)7-21(18)34-22-9-28-20(14-1-2-24(27)29-8-14)5-17(22)15-3-4-33-10-15/h1-11,13H,12H2. The Morgan fingerprint density at radius 3 is 2.56 bits per heavy atom. The fourth-order valence-corrected chi connectivity index (χ4v) is 5.67. The molecule has 0 aliphatic heterocycles. The minimum atomic E-state index is -4.04. The summed E-state index contributed by atoms with van der Waals surface area (Å²) < 4.78 is 64.7. The van der Waals surface area contributed by atoms with Gasteiger partial charge in [-0.2, -0.15) is 4.39 Å². The van der Waals surface area contributed by atoms with Crippen molar-refractivity contribution in [1.82, 2.24) is 15.0 Å². The highest BCUT2D eigenvalue weighted by Gasteiger charge is 2.24. The predicted molar refractivity (Wildman–Crippen MR) is 130 cm³/mol. The molecule has 4 heterocycles. The zero-order valence-corrected chi connectivity index (χ0v) is 20.4. The Hall–Kier alpha value is -3.67. The minimum absolute atomic E-state index is 0.107. The molecule has 0 aliphatic carbocycles. The fraction of sp³-hybridized carbons (Fsp3) is 0.0417. The van der Waals surface area contributed by atoms with E-state index >= 15 is 0 Å². The summed E-state index contributed by atoms with van der Waals surface area (Å²) in [6.07, 6.45) is 5.68. The van der Waals surface area contributed by atoms with Crippen molar-refractivity contribution in [3.63, 3.8) is 0 Å². The topological polar surface area (TPSA) is 95.2 Å². The van der Waals surface area contributed by atoms with Crippen LogP contribution in [0.3, 0.4) is 0 Å². The molecule has 0 amide bonds. The number of rotatable bonds is 7. The summed E-state index contributed by atoms with van der Waals surface area (Å²) in [5.74, 6) is -2.00. The third-order valence-electron chi connectivity index (χ3n) is 5.09. The number of benzene rings is 1. The normalized spacial score (nSPS) is 11.5. The van der Waals surface area contributed by atoms with Crippen molar-refractivity contribution in [3.05, 3.63) is 94.7 Å². The van der Waals surface area contributed by atoms with Gasteiger partial charge in [0.15, 0.2) is 15.6 Å². The molecule has 0 spiro atoms. The maximum absolute atomic E-state index is 14.9. The number of halogens is 3. The maximum Gasteiger partial charge on any atom is 0.212 e. The molecule has 0 aliphatic rings. The monoisotopic (exact) mass is 545 g/mol. The quantitative estimate of drug-likeness (QED) is 0.214. The molecule has 7 nitrogen and oxygen atoms in total. The molecule has 0 fully saturated rings. The summed E-state index contributed by atoms with van der Waals surface area (Å²) in [4.78, 5) is 11.4. The molecular formula is C24H14ClF2N3O4S2. The van der Waals surface area contributed by atoms with E-state index in [1.807, 2.05) is 0 Å². The predicted octanol–water partition coefficient (Wildman–Crippen LogP) is 6.56. The highest BCUT2D eigenvalue weighted by Crippen LogP contribution is 2.39. The molecule has 5 rings (SSSR count). The summed E-state index contributed by atoms with van der Waals surface area (Å²) in [7, 11) is -4.04. The van der Waals surface area contributed by atoms with Gasteiger partial charge < -0.3 is 9.15 Å². The third kappa shape index (κ3) is 4.99. The van der Waals surface area contributed by atoms with Gasteiger partial charge in [0, 0.05) is 34.3 Å². The van der Waals surface area contributed by atoms with Crippen molar-refractivity contribution < 1.29 is 26.4 Å². The van der Waals surface area contributed by atoms with Crippen molar-refractivity contribution in [3.8, 4) is 33.9 Å². The first kappa shape index (κ1) is 24.0. The van der Waals surface area contributed by atoms with Crippen LogP contribution in [0.4, 0.5) is 8.78 Å². The Labute approximate surface area is 212 Å². The second kappa shape index (κ2) is 9.76. The SMILES string of the molecule is O=S(=O)(Cc1cscn1)c1cc(Cl)c(Oc2cnc(-c3ccc(F)nc3)cc2-c2ccoc2)cc1F. The molecule has 5 aromatic rings. The molecule has 0 N–H and O–H groups in total. The van der Waals surface area contributed by atoms with E-state index in [1.54, 1.807) is 17.5 Å². The van der Waals surface area contributed by atoms with Crippen LogP contribution in [0.15, 0.2) is 81.5 Å². The first-order valence-electron chi connectivity index (χ1n) is 10.2. The van der Waals surface area contributed by atoms with E-state index < -0.39 is 32.3 Å². The molecule has 0 radical (unpaired) electrons. The number of nitrogens with zero attached hydrogens (tertiary/aromatic N) is 3. The maximum atomic E-state index is 14.9. The molecule has 0 saturated carbocycles. The Bertz CT molecular complexity index is 1630. The molecule has 182 valence electrons. The Morgan fingerprint density at radius 1 is 1.00 bits per heavy atom. The van der Waals surface area contributed by atoms with Gasteiger partial charge in [-0.15, -0.1) is 11.3 Å². The first-order valence-corrected chi connectivity index (χ1v) is 13.2. The first-order chi connectivity index (χ1) is 17.3. The smallest absolute Gasteiger partial charge is 0.212 e. The number of sulfone groups is 1. The second-order valence-corrected chi connectivity index (χ2v) is 10.6. The van der Waals surface area contributed by atoms with E-state index in [9.17, 15) is 17.2 Å². The van der Waals surface area contributed by atoms with Crippen LogP contribution >= 0.6 is 22.9 Å². The van der Waals surface area contributed by atoms with E-state index in [1.165, 1.54) is 53.9 Å². The van der Waals surface area contributed by atoms with Crippen LogP contribution < -0.4 is 4.74 Å². The van der Waals surface area contributed by atoms with Crippen molar-refractivity contribution in [1.29, 1.82) is 0 Å². The van der Waals surface area contributed by atoms with Gasteiger partial charge >= 0.3 is 0 Å². The van der Waals surface area contributed by atoms with Gasteiger partial charge in [0.1, 0.15) is 16.5 Å². The third-order valence-corrected chi connectivity index (χ3v) is 7.67. The van der Waals surface area contributed by atoms with Gasteiger partial charge in [0.25, 0.3) is 0 Å². The zero-order valence-electron chi connectivity index (χ0n) is 18.1. The van der Waals surface area contributed by atoms with Crippen LogP contribution in [0.25, 0.3) is 22.4 Å². The van der Waals surface area contributed by atoms with E-state index in [0.29, 0.717) is 28.1 Å². The lowest BCUT2D eigenvalue weighted by Crippen LogP contribution is -2.08. The van der Waals surface area contributed by atoms with E-state index in [-0.39, 0.29) is 16.5 Å². The summed E-state index contributed by atoms with van der Waals surface area (Å²) in [5.41, 5.74) is 3.99. The molecule has 4 aromatic heterocycles. The average Bonchev–Trinajstić information content (AvgIpc) is 3.56. The Kier molecular flexibility index (Phi) is 6.52. The van der Waals surface area contributed by atoms with Gasteiger partial charge in [-0.1, -0.05) is 11.6 Å². The molecule has 0 saturated heterocycles. The number of hydrogen-bond donors (Lipinski definition) is 0. The average molecular weight is 546 g/mol. The van der Waals surface area contributed by atoms with Crippen molar-refractivity contribution in [2.75, 3.05) is 0 Å². The molecule has 12 heteroatoms. The summed E-state index contributed by atoms with van der Waals surface area (Å²) in [5, 5.41) is 1.46. The highest BCUT2D eigenvalue weighted by atomic mass is 35.5. The molecule has 0 bridgehead atoms. The van der Waals surface area contributed by atoms with Crippen LogP contribution in [0.5, 0.6) is 11.5 Å². The molecule has 0 unspecified atom stereocenters. The number of hydrogen-bond acceptors (Lipinski definition) is 8. The van der Waals surface area contributed by atoms with Gasteiger partial charge in [-0.05, 0) is 30.3 Å². The molecular weight excluding hydrogens is 532 g/mol. The Balaban J connectivity index is 1.50. The Morgan fingerprint density at radius 2 is 1.86 bits per heavy atom. The number of pyridine rings is 2. The number of furan rings is 1. The fourth-order valence-electron chi connectivity index (χ4n) is 3.38. The molecule has 36 heavy (non-hydrogen) atoms. The van der Waals surface area contributed by atoms with Gasteiger partial charge in [-0.3, -0.25) is 4.98 Å². The minimum Gasteiger partial charge on any atom is -0.472 e. The van der Waals surface area contributed by atoms with Crippen LogP contribution in [-0.4, -0.2) is 23.4 Å². The molecule has 1 aromatic carbocycles. The highest BCUT2D eigenvalue weighted by molar-refractivity contribution is 7.90. The lowest BCUT2D eigenvalue weighted by molar-refractivity contribution is 0.473. The van der Waals surface area contributed by atoms with Crippen LogP contribution in [0, 0.1) is 11.8 Å². The lowest BCUT2D eigenvalue weighted by atomic mass is 10.1. The number of thiazole rings is 1. The van der Waals surface area contributed by atoms with Crippen LogP contribution in [0.2, 0.25) is 5.02 Å². The van der Waals surface area contributed by atoms with Crippen LogP contribution in [0.1, 0.15) is 5.69 Å². The summed E-state index contributed by atoms with van der Waals surface area (Å²) in [6.45, 7) is 0. The van der Waals surface area contributed by atoms with E-state index in [2.05, 4.69) is 15.0 Å². The largest absolute Gasteiger partial charge is 0.472 e. The van der Waals surface area contributed by atoms with Crippen LogP contribution in [-0.2, 0) is 15.6 Å². The second-order valence-electron chi connectivity index (χ2n) is 7.50. The number of aromatic nitrogens is 3. The summed E-state index contributed by atoms with van der Waals surface area (Å²) >= 11 is 7.54. The van der Waals surface area contributed by atoms with Gasteiger partial charge in [0.05, 0.1) is 46.4 Å². The van der Waals surface area contributed by atoms with E-state index in [0.717, 1.165) is 12.1 Å². The summed E-state index contributed by atoms with van der Waals surface area (Å²) in [6, 6.07) is 8.02. The van der Waals surface area contributed by atoms with Crippen molar-refractivity contribution >= 4 is 32.8 Å². The molecule has 0 atom stereocenters.